The molecule has 7 nitrogen and oxygen atoms in total. The molecule has 1 amide bonds. The molecule has 9 heteroatoms. The highest BCUT2D eigenvalue weighted by Gasteiger charge is 2.21. The van der Waals surface area contributed by atoms with Gasteiger partial charge in [-0.2, -0.15) is 0 Å². The van der Waals surface area contributed by atoms with Gasteiger partial charge in [-0.25, -0.2) is 17.1 Å². The second kappa shape index (κ2) is 8.83. The van der Waals surface area contributed by atoms with Crippen LogP contribution in [0.3, 0.4) is 0 Å². The van der Waals surface area contributed by atoms with Gasteiger partial charge in [0, 0.05) is 14.1 Å². The number of sulfonamides is 1. The van der Waals surface area contributed by atoms with Crippen molar-refractivity contribution in [2.75, 3.05) is 34.4 Å². The summed E-state index contributed by atoms with van der Waals surface area (Å²) in [5.41, 5.74) is -0.345. The van der Waals surface area contributed by atoms with Crippen LogP contribution >= 0.6 is 0 Å². The first-order valence-corrected chi connectivity index (χ1v) is 9.47. The summed E-state index contributed by atoms with van der Waals surface area (Å²) in [5, 5.41) is 2.50. The van der Waals surface area contributed by atoms with Crippen molar-refractivity contribution in [3.8, 4) is 11.5 Å². The highest BCUT2D eigenvalue weighted by molar-refractivity contribution is 7.89. The number of rotatable bonds is 8. The van der Waals surface area contributed by atoms with Gasteiger partial charge in [-0.1, -0.05) is 0 Å². The first-order chi connectivity index (χ1) is 12.8. The standard InChI is InChI=1S/C18H21FN2O5S/c1-21(2)27(23,24)15-8-9-17(19)16(12-15)18(22)20-10-11-26-14-6-4-13(25-3)5-7-14/h4-9,12H,10-11H2,1-3H3,(H,20,22). The van der Waals surface area contributed by atoms with E-state index in [9.17, 15) is 17.6 Å². The topological polar surface area (TPSA) is 84.9 Å². The first-order valence-electron chi connectivity index (χ1n) is 8.03. The van der Waals surface area contributed by atoms with Crippen LogP contribution in [0.2, 0.25) is 0 Å². The normalized spacial score (nSPS) is 11.3. The molecule has 0 heterocycles. The van der Waals surface area contributed by atoms with Crippen LogP contribution in [0.4, 0.5) is 4.39 Å². The smallest absolute Gasteiger partial charge is 0.254 e. The summed E-state index contributed by atoms with van der Waals surface area (Å²) in [6.45, 7) is 0.282. The van der Waals surface area contributed by atoms with Crippen molar-refractivity contribution in [3.05, 3.63) is 53.8 Å². The summed E-state index contributed by atoms with van der Waals surface area (Å²) in [6, 6.07) is 10.0. The van der Waals surface area contributed by atoms with Crippen molar-refractivity contribution in [3.63, 3.8) is 0 Å². The Morgan fingerprint density at radius 3 is 2.33 bits per heavy atom. The summed E-state index contributed by atoms with van der Waals surface area (Å²) >= 11 is 0. The Kier molecular flexibility index (Phi) is 6.75. The molecule has 0 radical (unpaired) electrons. The van der Waals surface area contributed by atoms with Crippen LogP contribution in [0.15, 0.2) is 47.4 Å². The minimum absolute atomic E-state index is 0.120. The molecule has 0 unspecified atom stereocenters. The summed E-state index contributed by atoms with van der Waals surface area (Å²) < 4.78 is 49.7. The predicted molar refractivity (Wildman–Crippen MR) is 98.1 cm³/mol. The maximum absolute atomic E-state index is 13.9. The number of hydrogen-bond acceptors (Lipinski definition) is 5. The van der Waals surface area contributed by atoms with Gasteiger partial charge < -0.3 is 14.8 Å². The molecule has 27 heavy (non-hydrogen) atoms. The van der Waals surface area contributed by atoms with Crippen LogP contribution in [-0.2, 0) is 10.0 Å². The molecule has 0 aromatic heterocycles. The lowest BCUT2D eigenvalue weighted by molar-refractivity contribution is 0.0942. The van der Waals surface area contributed by atoms with Crippen molar-refractivity contribution in [1.29, 1.82) is 0 Å². The number of carbonyl (C=O) groups is 1. The number of ether oxygens (including phenoxy) is 2. The zero-order chi connectivity index (χ0) is 20.0. The van der Waals surface area contributed by atoms with Crippen molar-refractivity contribution in [2.45, 2.75) is 4.90 Å². The Morgan fingerprint density at radius 2 is 1.74 bits per heavy atom. The van der Waals surface area contributed by atoms with E-state index < -0.39 is 21.7 Å². The predicted octanol–water partition coefficient (Wildman–Crippen LogP) is 1.89. The second-order valence-electron chi connectivity index (χ2n) is 5.71. The summed E-state index contributed by atoms with van der Waals surface area (Å²) in [6.07, 6.45) is 0. The highest BCUT2D eigenvalue weighted by Crippen LogP contribution is 2.18. The summed E-state index contributed by atoms with van der Waals surface area (Å²) in [5.74, 6) is -0.239. The number of carbonyl (C=O) groups excluding carboxylic acids is 1. The number of benzene rings is 2. The molecule has 0 aliphatic heterocycles. The van der Waals surface area contributed by atoms with Crippen LogP contribution in [0.5, 0.6) is 11.5 Å². The maximum atomic E-state index is 13.9. The number of halogens is 1. The Hall–Kier alpha value is -2.65. The fourth-order valence-electron chi connectivity index (χ4n) is 2.15. The first kappa shape index (κ1) is 20.7. The zero-order valence-corrected chi connectivity index (χ0v) is 16.0. The molecule has 0 aliphatic rings. The molecular weight excluding hydrogens is 375 g/mol. The Labute approximate surface area is 157 Å². The monoisotopic (exact) mass is 396 g/mol. The Bertz CT molecular complexity index is 898. The molecule has 2 rings (SSSR count). The largest absolute Gasteiger partial charge is 0.497 e. The van der Waals surface area contributed by atoms with E-state index in [1.54, 1.807) is 31.4 Å². The van der Waals surface area contributed by atoms with Crippen LogP contribution < -0.4 is 14.8 Å². The molecule has 0 saturated carbocycles. The number of nitrogens with zero attached hydrogens (tertiary/aromatic N) is 1. The van der Waals surface area contributed by atoms with Crippen LogP contribution in [-0.4, -0.2) is 53.0 Å². The van der Waals surface area contributed by atoms with E-state index in [0.717, 1.165) is 22.5 Å². The fourth-order valence-corrected chi connectivity index (χ4v) is 3.08. The number of methoxy groups -OCH3 is 1. The van der Waals surface area contributed by atoms with Gasteiger partial charge in [0.1, 0.15) is 23.9 Å². The highest BCUT2D eigenvalue weighted by atomic mass is 32.2. The Morgan fingerprint density at radius 1 is 1.11 bits per heavy atom. The lowest BCUT2D eigenvalue weighted by Gasteiger charge is -2.13. The van der Waals surface area contributed by atoms with Gasteiger partial charge in [0.25, 0.3) is 5.91 Å². The lowest BCUT2D eigenvalue weighted by Crippen LogP contribution is -2.29. The van der Waals surface area contributed by atoms with E-state index >= 15 is 0 Å². The third kappa shape index (κ3) is 5.18. The maximum Gasteiger partial charge on any atom is 0.254 e. The molecule has 0 aliphatic carbocycles. The van der Waals surface area contributed by atoms with E-state index in [1.807, 2.05) is 0 Å². The van der Waals surface area contributed by atoms with Gasteiger partial charge in [0.05, 0.1) is 24.1 Å². The zero-order valence-electron chi connectivity index (χ0n) is 15.2. The molecule has 0 fully saturated rings. The van der Waals surface area contributed by atoms with Gasteiger partial charge in [0.2, 0.25) is 10.0 Å². The quantitative estimate of drug-likeness (QED) is 0.689. The Balaban J connectivity index is 1.97. The van der Waals surface area contributed by atoms with Crippen LogP contribution in [0, 0.1) is 5.82 Å². The van der Waals surface area contributed by atoms with Gasteiger partial charge in [-0.05, 0) is 42.5 Å². The van der Waals surface area contributed by atoms with Gasteiger partial charge >= 0.3 is 0 Å². The average Bonchev–Trinajstić information content (AvgIpc) is 2.65. The molecule has 1 N–H and O–H groups in total. The van der Waals surface area contributed by atoms with Gasteiger partial charge in [-0.3, -0.25) is 4.79 Å². The molecule has 0 bridgehead atoms. The number of amides is 1. The van der Waals surface area contributed by atoms with Crippen molar-refractivity contribution >= 4 is 15.9 Å². The summed E-state index contributed by atoms with van der Waals surface area (Å²) in [7, 11) is 0.506. The SMILES string of the molecule is COc1ccc(OCCNC(=O)c2cc(S(=O)(=O)N(C)C)ccc2F)cc1. The molecule has 2 aromatic carbocycles. The third-order valence-corrected chi connectivity index (χ3v) is 5.49. The molecular formula is C18H21FN2O5S. The molecule has 2 aromatic rings. The molecule has 146 valence electrons. The molecule has 0 atom stereocenters. The second-order valence-corrected chi connectivity index (χ2v) is 7.86. The molecule has 0 spiro atoms. The third-order valence-electron chi connectivity index (χ3n) is 3.68. The minimum Gasteiger partial charge on any atom is -0.497 e. The summed E-state index contributed by atoms with van der Waals surface area (Å²) in [4.78, 5) is 12.0. The molecule has 0 saturated heterocycles. The van der Waals surface area contributed by atoms with Crippen LogP contribution in [0.1, 0.15) is 10.4 Å². The van der Waals surface area contributed by atoms with Crippen LogP contribution in [0.25, 0.3) is 0 Å². The van der Waals surface area contributed by atoms with E-state index in [2.05, 4.69) is 5.32 Å². The average molecular weight is 396 g/mol. The van der Waals surface area contributed by atoms with Gasteiger partial charge in [0.15, 0.2) is 0 Å². The number of hydrogen-bond donors (Lipinski definition) is 1. The van der Waals surface area contributed by atoms with E-state index in [1.165, 1.54) is 14.1 Å². The van der Waals surface area contributed by atoms with Crippen molar-refractivity contribution < 1.29 is 27.1 Å². The fraction of sp³-hybridized carbons (Fsp3) is 0.278. The van der Waals surface area contributed by atoms with Crippen molar-refractivity contribution in [1.82, 2.24) is 9.62 Å². The minimum atomic E-state index is -3.76. The van der Waals surface area contributed by atoms with Gasteiger partial charge in [-0.15, -0.1) is 0 Å². The van der Waals surface area contributed by atoms with Crippen molar-refractivity contribution in [2.24, 2.45) is 0 Å². The lowest BCUT2D eigenvalue weighted by atomic mass is 10.2. The van der Waals surface area contributed by atoms with E-state index in [0.29, 0.717) is 11.5 Å². The van der Waals surface area contributed by atoms with E-state index in [-0.39, 0.29) is 23.6 Å². The number of nitrogens with one attached hydrogen (secondary N) is 1. The van der Waals surface area contributed by atoms with E-state index in [4.69, 9.17) is 9.47 Å².